The average Bonchev–Trinajstić information content (AvgIpc) is 2.94. The standard InChI is InChI=1S/C16H30N4O2S/c1-12(2)20-11-15(9-18-20)8-17-16-6-7-19(10-14(16)5)23(21,22)13(3)4/h9,11-14,16-17H,6-8,10H2,1-5H3/t14-,16+/m0/s1. The number of nitrogens with zero attached hydrogens (tertiary/aromatic N) is 3. The highest BCUT2D eigenvalue weighted by Gasteiger charge is 2.33. The number of hydrogen-bond donors (Lipinski definition) is 1. The van der Waals surface area contributed by atoms with E-state index in [1.54, 1.807) is 18.2 Å². The maximum atomic E-state index is 12.3. The van der Waals surface area contributed by atoms with Crippen LogP contribution in [0.4, 0.5) is 0 Å². The molecule has 2 heterocycles. The van der Waals surface area contributed by atoms with Crippen molar-refractivity contribution in [3.63, 3.8) is 0 Å². The number of nitrogens with one attached hydrogen (secondary N) is 1. The lowest BCUT2D eigenvalue weighted by molar-refractivity contribution is 0.218. The number of hydrogen-bond acceptors (Lipinski definition) is 4. The summed E-state index contributed by atoms with van der Waals surface area (Å²) in [5.41, 5.74) is 1.17. The van der Waals surface area contributed by atoms with Gasteiger partial charge in [0.25, 0.3) is 0 Å². The van der Waals surface area contributed by atoms with Gasteiger partial charge in [-0.2, -0.15) is 5.10 Å². The Morgan fingerprint density at radius 1 is 1.35 bits per heavy atom. The molecule has 0 unspecified atom stereocenters. The average molecular weight is 343 g/mol. The summed E-state index contributed by atoms with van der Waals surface area (Å²) in [6.07, 6.45) is 4.82. The zero-order valence-electron chi connectivity index (χ0n) is 14.9. The summed E-state index contributed by atoms with van der Waals surface area (Å²) in [6, 6.07) is 0.711. The predicted octanol–water partition coefficient (Wildman–Crippen LogP) is 2.00. The third-order valence-electron chi connectivity index (χ3n) is 4.58. The van der Waals surface area contributed by atoms with Gasteiger partial charge in [0.2, 0.25) is 10.0 Å². The van der Waals surface area contributed by atoms with Crippen LogP contribution in [0.3, 0.4) is 0 Å². The lowest BCUT2D eigenvalue weighted by atomic mass is 9.95. The Kier molecular flexibility index (Phi) is 5.86. The van der Waals surface area contributed by atoms with Crippen LogP contribution in [-0.4, -0.2) is 46.9 Å². The molecule has 0 spiro atoms. The summed E-state index contributed by atoms with van der Waals surface area (Å²) in [6.45, 7) is 11.8. The summed E-state index contributed by atoms with van der Waals surface area (Å²) in [7, 11) is -3.14. The molecule has 7 heteroatoms. The summed E-state index contributed by atoms with van der Waals surface area (Å²) >= 11 is 0. The normalized spacial score (nSPS) is 23.8. The van der Waals surface area contributed by atoms with Crippen LogP contribution in [0.25, 0.3) is 0 Å². The quantitative estimate of drug-likeness (QED) is 0.859. The summed E-state index contributed by atoms with van der Waals surface area (Å²) in [5, 5.41) is 7.57. The van der Waals surface area contributed by atoms with Crippen molar-refractivity contribution in [3.05, 3.63) is 18.0 Å². The van der Waals surface area contributed by atoms with Gasteiger partial charge in [-0.25, -0.2) is 12.7 Å². The van der Waals surface area contributed by atoms with Gasteiger partial charge in [-0.05, 0) is 40.0 Å². The second-order valence-electron chi connectivity index (χ2n) is 7.13. The van der Waals surface area contributed by atoms with Crippen LogP contribution in [0.15, 0.2) is 12.4 Å². The topological polar surface area (TPSA) is 67.2 Å². The van der Waals surface area contributed by atoms with E-state index in [-0.39, 0.29) is 5.25 Å². The molecule has 0 aromatic carbocycles. The molecule has 0 radical (unpaired) electrons. The monoisotopic (exact) mass is 342 g/mol. The van der Waals surface area contributed by atoms with Crippen molar-refractivity contribution in [1.82, 2.24) is 19.4 Å². The number of sulfonamides is 1. The zero-order chi connectivity index (χ0) is 17.2. The largest absolute Gasteiger partial charge is 0.309 e. The molecular weight excluding hydrogens is 312 g/mol. The molecule has 6 nitrogen and oxygen atoms in total. The first-order valence-corrected chi connectivity index (χ1v) is 9.97. The fourth-order valence-electron chi connectivity index (χ4n) is 2.94. The molecule has 2 rings (SSSR count). The van der Waals surface area contributed by atoms with Crippen molar-refractivity contribution in [3.8, 4) is 0 Å². The molecular formula is C16H30N4O2S. The van der Waals surface area contributed by atoms with Crippen molar-refractivity contribution in [2.75, 3.05) is 13.1 Å². The molecule has 0 aliphatic carbocycles. The van der Waals surface area contributed by atoms with Gasteiger partial charge in [0, 0.05) is 43.5 Å². The van der Waals surface area contributed by atoms with Gasteiger partial charge < -0.3 is 5.32 Å². The first kappa shape index (κ1) is 18.4. The molecule has 1 aromatic heterocycles. The maximum absolute atomic E-state index is 12.3. The van der Waals surface area contributed by atoms with Crippen molar-refractivity contribution < 1.29 is 8.42 Å². The molecule has 1 aromatic rings. The van der Waals surface area contributed by atoms with Crippen molar-refractivity contribution in [2.24, 2.45) is 5.92 Å². The van der Waals surface area contributed by atoms with Crippen LogP contribution < -0.4 is 5.32 Å². The van der Waals surface area contributed by atoms with E-state index in [4.69, 9.17) is 0 Å². The van der Waals surface area contributed by atoms with E-state index in [1.807, 2.05) is 10.9 Å². The number of rotatable bonds is 6. The third-order valence-corrected chi connectivity index (χ3v) is 6.82. The lowest BCUT2D eigenvalue weighted by Gasteiger charge is -2.37. The van der Waals surface area contributed by atoms with E-state index in [9.17, 15) is 8.42 Å². The highest BCUT2D eigenvalue weighted by Crippen LogP contribution is 2.22. The molecule has 1 aliphatic heterocycles. The Morgan fingerprint density at radius 3 is 2.57 bits per heavy atom. The summed E-state index contributed by atoms with van der Waals surface area (Å²) < 4.78 is 28.2. The molecule has 0 saturated carbocycles. The lowest BCUT2D eigenvalue weighted by Crippen LogP contribution is -2.51. The second kappa shape index (κ2) is 7.32. The first-order valence-electron chi connectivity index (χ1n) is 8.47. The van der Waals surface area contributed by atoms with E-state index in [2.05, 4.69) is 37.4 Å². The molecule has 1 saturated heterocycles. The van der Waals surface area contributed by atoms with Gasteiger partial charge in [-0.15, -0.1) is 0 Å². The maximum Gasteiger partial charge on any atom is 0.216 e. The van der Waals surface area contributed by atoms with E-state index < -0.39 is 10.0 Å². The Hall–Kier alpha value is -0.920. The van der Waals surface area contributed by atoms with Crippen LogP contribution in [0.5, 0.6) is 0 Å². The Balaban J connectivity index is 1.89. The van der Waals surface area contributed by atoms with E-state index in [0.29, 0.717) is 31.1 Å². The minimum Gasteiger partial charge on any atom is -0.309 e. The molecule has 132 valence electrons. The molecule has 0 bridgehead atoms. The van der Waals surface area contributed by atoms with E-state index in [1.165, 1.54) is 5.56 Å². The predicted molar refractivity (Wildman–Crippen MR) is 92.6 cm³/mol. The van der Waals surface area contributed by atoms with Crippen LogP contribution in [-0.2, 0) is 16.6 Å². The second-order valence-corrected chi connectivity index (χ2v) is 9.62. The van der Waals surface area contributed by atoms with Gasteiger partial charge in [-0.3, -0.25) is 4.68 Å². The van der Waals surface area contributed by atoms with Gasteiger partial charge >= 0.3 is 0 Å². The minimum absolute atomic E-state index is 0.303. The van der Waals surface area contributed by atoms with Gasteiger partial charge in [0.1, 0.15) is 0 Å². The van der Waals surface area contributed by atoms with E-state index >= 15 is 0 Å². The zero-order valence-corrected chi connectivity index (χ0v) is 15.7. The molecule has 23 heavy (non-hydrogen) atoms. The van der Waals surface area contributed by atoms with Crippen LogP contribution in [0.1, 0.15) is 52.6 Å². The Bertz CT molecular complexity index is 609. The SMILES string of the molecule is CC(C)n1cc(CN[C@@H]2CCN(S(=O)(=O)C(C)C)C[C@@H]2C)cn1. The van der Waals surface area contributed by atoms with Crippen molar-refractivity contribution >= 4 is 10.0 Å². The third kappa shape index (κ3) is 4.33. The fraction of sp³-hybridized carbons (Fsp3) is 0.812. The first-order chi connectivity index (χ1) is 10.7. The minimum atomic E-state index is -3.14. The van der Waals surface area contributed by atoms with Crippen molar-refractivity contribution in [2.45, 2.75) is 64.9 Å². The molecule has 2 atom stereocenters. The Labute approximate surface area is 140 Å². The smallest absolute Gasteiger partial charge is 0.216 e. The van der Waals surface area contributed by atoms with Crippen molar-refractivity contribution in [1.29, 1.82) is 0 Å². The summed E-state index contributed by atoms with van der Waals surface area (Å²) in [4.78, 5) is 0. The molecule has 1 N–H and O–H groups in total. The van der Waals surface area contributed by atoms with Crippen LogP contribution in [0.2, 0.25) is 0 Å². The van der Waals surface area contributed by atoms with Gasteiger partial charge in [-0.1, -0.05) is 6.92 Å². The van der Waals surface area contributed by atoms with E-state index in [0.717, 1.165) is 13.0 Å². The van der Waals surface area contributed by atoms with Crippen LogP contribution in [0, 0.1) is 5.92 Å². The number of aromatic nitrogens is 2. The summed E-state index contributed by atoms with van der Waals surface area (Å²) in [5.74, 6) is 0.303. The fourth-order valence-corrected chi connectivity index (χ4v) is 4.34. The number of piperidine rings is 1. The molecule has 1 fully saturated rings. The van der Waals surface area contributed by atoms with Gasteiger partial charge in [0.05, 0.1) is 11.4 Å². The van der Waals surface area contributed by atoms with Crippen LogP contribution >= 0.6 is 0 Å². The Morgan fingerprint density at radius 2 is 2.04 bits per heavy atom. The highest BCUT2D eigenvalue weighted by molar-refractivity contribution is 7.89. The van der Waals surface area contributed by atoms with Gasteiger partial charge in [0.15, 0.2) is 0 Å². The molecule has 0 amide bonds. The highest BCUT2D eigenvalue weighted by atomic mass is 32.2. The molecule has 1 aliphatic rings.